The molecule has 4 aromatic rings. The smallest absolute Gasteiger partial charge is 0.257 e. The van der Waals surface area contributed by atoms with Crippen molar-refractivity contribution in [2.45, 2.75) is 27.3 Å². The zero-order chi connectivity index (χ0) is 25.1. The van der Waals surface area contributed by atoms with Crippen LogP contribution >= 0.6 is 0 Å². The maximum atomic E-state index is 13.4. The maximum Gasteiger partial charge on any atom is 0.257 e. The van der Waals surface area contributed by atoms with E-state index < -0.39 is 0 Å². The van der Waals surface area contributed by atoms with Crippen LogP contribution in [0.1, 0.15) is 32.6 Å². The van der Waals surface area contributed by atoms with Gasteiger partial charge in [-0.05, 0) is 78.4 Å². The molecule has 4 rings (SSSR count). The normalized spacial score (nSPS) is 10.6. The van der Waals surface area contributed by atoms with E-state index in [2.05, 4.69) is 16.2 Å². The number of aromatic nitrogens is 1. The summed E-state index contributed by atoms with van der Waals surface area (Å²) in [7, 11) is 1.61. The van der Waals surface area contributed by atoms with Gasteiger partial charge < -0.3 is 9.88 Å². The van der Waals surface area contributed by atoms with Crippen molar-refractivity contribution in [2.24, 2.45) is 0 Å². The van der Waals surface area contributed by atoms with Crippen molar-refractivity contribution in [1.82, 2.24) is 9.88 Å². The largest absolute Gasteiger partial charge is 0.355 e. The van der Waals surface area contributed by atoms with E-state index in [4.69, 9.17) is 6.57 Å². The molecule has 174 valence electrons. The third-order valence-corrected chi connectivity index (χ3v) is 6.25. The predicted molar refractivity (Wildman–Crippen MR) is 141 cm³/mol. The fourth-order valence-corrected chi connectivity index (χ4v) is 4.33. The minimum absolute atomic E-state index is 0.143. The predicted octanol–water partition coefficient (Wildman–Crippen LogP) is 6.07. The van der Waals surface area contributed by atoms with Crippen molar-refractivity contribution < 1.29 is 4.79 Å². The molecule has 0 saturated carbocycles. The molecule has 0 fully saturated rings. The first-order valence-electron chi connectivity index (χ1n) is 11.4. The van der Waals surface area contributed by atoms with E-state index in [1.165, 1.54) is 0 Å². The van der Waals surface area contributed by atoms with E-state index in [1.54, 1.807) is 24.6 Å². The van der Waals surface area contributed by atoms with Gasteiger partial charge in [-0.25, -0.2) is 4.85 Å². The third kappa shape index (κ3) is 4.78. The SMILES string of the molecule is [C-]#[N+]c1c(C)cc(-c2cccc(-c3cccc(C(=O)NC)c3)c2)n(Cc2ccc(C)cc2C)c1=O. The lowest BCUT2D eigenvalue weighted by Crippen LogP contribution is -2.23. The monoisotopic (exact) mass is 461 g/mol. The Hall–Kier alpha value is -4.43. The van der Waals surface area contributed by atoms with E-state index in [1.807, 2.05) is 74.5 Å². The van der Waals surface area contributed by atoms with E-state index in [0.717, 1.165) is 39.1 Å². The zero-order valence-corrected chi connectivity index (χ0v) is 20.3. The molecule has 1 amide bonds. The average Bonchev–Trinajstić information content (AvgIpc) is 2.86. The summed E-state index contributed by atoms with van der Waals surface area (Å²) in [5, 5.41) is 2.66. The van der Waals surface area contributed by atoms with Crippen molar-refractivity contribution in [3.05, 3.63) is 122 Å². The molecule has 1 N–H and O–H groups in total. The number of pyridine rings is 1. The van der Waals surface area contributed by atoms with Crippen molar-refractivity contribution in [1.29, 1.82) is 0 Å². The van der Waals surface area contributed by atoms with Gasteiger partial charge in [-0.2, -0.15) is 0 Å². The molecule has 3 aromatic carbocycles. The van der Waals surface area contributed by atoms with Crippen LogP contribution in [0.15, 0.2) is 77.6 Å². The van der Waals surface area contributed by atoms with Crippen LogP contribution in [0.2, 0.25) is 0 Å². The number of hydrogen-bond acceptors (Lipinski definition) is 2. The molecule has 0 bridgehead atoms. The highest BCUT2D eigenvalue weighted by Crippen LogP contribution is 2.29. The quantitative estimate of drug-likeness (QED) is 0.367. The minimum Gasteiger partial charge on any atom is -0.355 e. The van der Waals surface area contributed by atoms with Crippen molar-refractivity contribution in [3.63, 3.8) is 0 Å². The van der Waals surface area contributed by atoms with Crippen LogP contribution in [0.5, 0.6) is 0 Å². The number of carbonyl (C=O) groups is 1. The number of rotatable bonds is 5. The number of nitrogens with one attached hydrogen (secondary N) is 1. The van der Waals surface area contributed by atoms with E-state index >= 15 is 0 Å². The number of amides is 1. The van der Waals surface area contributed by atoms with Crippen LogP contribution < -0.4 is 10.9 Å². The summed E-state index contributed by atoms with van der Waals surface area (Å²) in [6.07, 6.45) is 0. The Kier molecular flexibility index (Phi) is 6.66. The third-order valence-electron chi connectivity index (χ3n) is 6.25. The molecule has 0 spiro atoms. The molecular formula is C30H27N3O2. The second-order valence-corrected chi connectivity index (χ2v) is 8.73. The molecule has 5 nitrogen and oxygen atoms in total. The van der Waals surface area contributed by atoms with Gasteiger partial charge in [0.05, 0.1) is 13.1 Å². The summed E-state index contributed by atoms with van der Waals surface area (Å²) in [4.78, 5) is 29.0. The second kappa shape index (κ2) is 9.82. The van der Waals surface area contributed by atoms with Crippen LogP contribution in [0.25, 0.3) is 27.2 Å². The number of nitrogens with zero attached hydrogens (tertiary/aromatic N) is 2. The second-order valence-electron chi connectivity index (χ2n) is 8.73. The summed E-state index contributed by atoms with van der Waals surface area (Å²) in [6.45, 7) is 13.8. The molecule has 5 heteroatoms. The first-order chi connectivity index (χ1) is 16.8. The lowest BCUT2D eigenvalue weighted by atomic mass is 9.98. The van der Waals surface area contributed by atoms with Gasteiger partial charge in [0, 0.05) is 18.3 Å². The summed E-state index contributed by atoms with van der Waals surface area (Å²) in [6, 6.07) is 23.5. The number of hydrogen-bond donors (Lipinski definition) is 1. The van der Waals surface area contributed by atoms with Crippen LogP contribution in [0.3, 0.4) is 0 Å². The van der Waals surface area contributed by atoms with Crippen molar-refractivity contribution >= 4 is 11.6 Å². The van der Waals surface area contributed by atoms with Gasteiger partial charge in [0.15, 0.2) is 0 Å². The highest BCUT2D eigenvalue weighted by molar-refractivity contribution is 5.95. The summed E-state index contributed by atoms with van der Waals surface area (Å²) in [5.74, 6) is -0.143. The molecule has 0 aliphatic carbocycles. The van der Waals surface area contributed by atoms with Gasteiger partial charge in [0.1, 0.15) is 0 Å². The molecule has 0 radical (unpaired) electrons. The summed E-state index contributed by atoms with van der Waals surface area (Å²) < 4.78 is 1.69. The maximum absolute atomic E-state index is 13.4. The molecule has 0 aliphatic rings. The van der Waals surface area contributed by atoms with Crippen LogP contribution in [0.4, 0.5) is 5.69 Å². The first-order valence-corrected chi connectivity index (χ1v) is 11.4. The van der Waals surface area contributed by atoms with E-state index in [0.29, 0.717) is 17.7 Å². The Bertz CT molecular complexity index is 1540. The molecule has 0 atom stereocenters. The Morgan fingerprint density at radius 3 is 2.26 bits per heavy atom. The lowest BCUT2D eigenvalue weighted by Gasteiger charge is -2.18. The Morgan fingerprint density at radius 1 is 0.886 bits per heavy atom. The Morgan fingerprint density at radius 2 is 1.57 bits per heavy atom. The lowest BCUT2D eigenvalue weighted by molar-refractivity contribution is 0.0963. The molecule has 35 heavy (non-hydrogen) atoms. The molecule has 1 aromatic heterocycles. The van der Waals surface area contributed by atoms with Crippen molar-refractivity contribution in [2.75, 3.05) is 7.05 Å². The molecule has 0 aliphatic heterocycles. The minimum atomic E-state index is -0.290. The number of aryl methyl sites for hydroxylation is 3. The van der Waals surface area contributed by atoms with Gasteiger partial charge >= 0.3 is 0 Å². The highest BCUT2D eigenvalue weighted by atomic mass is 16.1. The Labute approximate surface area is 205 Å². The van der Waals surface area contributed by atoms with E-state index in [-0.39, 0.29) is 17.2 Å². The zero-order valence-electron chi connectivity index (χ0n) is 20.3. The molecular weight excluding hydrogens is 434 g/mol. The highest BCUT2D eigenvalue weighted by Gasteiger charge is 2.16. The average molecular weight is 462 g/mol. The molecule has 0 saturated heterocycles. The number of carbonyl (C=O) groups excluding carboxylic acids is 1. The summed E-state index contributed by atoms with van der Waals surface area (Å²) in [5.41, 5.74) is 7.87. The molecule has 1 heterocycles. The first kappa shape index (κ1) is 23.7. The van der Waals surface area contributed by atoms with Gasteiger partial charge in [0.2, 0.25) is 0 Å². The fraction of sp³-hybridized carbons (Fsp3) is 0.167. The summed E-state index contributed by atoms with van der Waals surface area (Å²) >= 11 is 0. The van der Waals surface area contributed by atoms with Gasteiger partial charge in [-0.3, -0.25) is 9.59 Å². The van der Waals surface area contributed by atoms with Gasteiger partial charge in [-0.15, -0.1) is 0 Å². The fourth-order valence-electron chi connectivity index (χ4n) is 4.33. The van der Waals surface area contributed by atoms with Crippen molar-refractivity contribution in [3.8, 4) is 22.4 Å². The topological polar surface area (TPSA) is 55.5 Å². The standard InChI is InChI=1S/C30H27N3O2/c1-19-12-13-26(20(2)14-19)18-33-27(15-21(3)28(31-4)30(33)35)24-10-6-8-22(16-24)23-9-7-11-25(17-23)29(34)32-5/h6-17H,18H2,1-3,5H3,(H,32,34). The van der Waals surface area contributed by atoms with Crippen LogP contribution in [0, 0.1) is 27.3 Å². The van der Waals surface area contributed by atoms with Gasteiger partial charge in [0.25, 0.3) is 17.2 Å². The van der Waals surface area contributed by atoms with Crippen LogP contribution in [-0.2, 0) is 6.54 Å². The van der Waals surface area contributed by atoms with E-state index in [9.17, 15) is 9.59 Å². The molecule has 0 unspecified atom stereocenters. The Balaban J connectivity index is 1.87. The van der Waals surface area contributed by atoms with Gasteiger partial charge in [-0.1, -0.05) is 54.1 Å². The van der Waals surface area contributed by atoms with Crippen LogP contribution in [-0.4, -0.2) is 17.5 Å². The number of benzene rings is 3.